The zero-order valence-corrected chi connectivity index (χ0v) is 9.82. The maximum atomic E-state index is 10.7. The van der Waals surface area contributed by atoms with Gasteiger partial charge in [0, 0.05) is 0 Å². The molecule has 1 atom stereocenters. The summed E-state index contributed by atoms with van der Waals surface area (Å²) in [6.45, 7) is 3.25. The largest absolute Gasteiger partial charge is 0.480 e. The van der Waals surface area contributed by atoms with Crippen molar-refractivity contribution >= 4 is 28.9 Å². The molecule has 0 aromatic carbocycles. The van der Waals surface area contributed by atoms with Crippen molar-refractivity contribution in [1.82, 2.24) is 5.32 Å². The van der Waals surface area contributed by atoms with Gasteiger partial charge in [-0.05, 0) is 5.92 Å². The highest BCUT2D eigenvalue weighted by molar-refractivity contribution is 8.93. The number of amides is 1. The second-order valence-corrected chi connectivity index (χ2v) is 2.83. The Balaban J connectivity index is -0.000000605. The molecule has 0 bridgehead atoms. The van der Waals surface area contributed by atoms with Crippen molar-refractivity contribution in [2.24, 2.45) is 11.7 Å². The Morgan fingerprint density at radius 1 is 1.43 bits per heavy atom. The Morgan fingerprint density at radius 2 is 1.86 bits per heavy atom. The van der Waals surface area contributed by atoms with Crippen molar-refractivity contribution in [2.75, 3.05) is 6.54 Å². The predicted octanol–water partition coefficient (Wildman–Crippen LogP) is -1.08. The van der Waals surface area contributed by atoms with Crippen molar-refractivity contribution in [1.29, 1.82) is 0 Å². The molecule has 0 unspecified atom stereocenters. The Morgan fingerprint density at radius 3 is 2.07 bits per heavy atom. The monoisotopic (exact) mass is 272 g/mol. The lowest BCUT2D eigenvalue weighted by molar-refractivity contribution is -0.142. The first-order valence-corrected chi connectivity index (χ1v) is 3.71. The van der Waals surface area contributed by atoms with E-state index >= 15 is 0 Å². The summed E-state index contributed by atoms with van der Waals surface area (Å²) in [5.41, 5.74) is 5.02. The molecule has 0 aliphatic heterocycles. The number of aliphatic carboxylic acids is 1. The molecule has 0 aromatic rings. The van der Waals surface area contributed by atoms with Crippen LogP contribution < -0.4 is 11.1 Å². The number of rotatable bonds is 4. The summed E-state index contributed by atoms with van der Waals surface area (Å²) in [6, 6.07) is -0.846. The van der Waals surface area contributed by atoms with Gasteiger partial charge in [0.05, 0.1) is 6.54 Å². The summed E-state index contributed by atoms with van der Waals surface area (Å²) in [5.74, 6) is -1.62. The standard InChI is InChI=1S/C7H14N2O3.BrH.H2O/c1-4(2)6(7(11)12)9-5(10)3-8;;/h4,6H,3,8H2,1-2H3,(H,9,10)(H,11,12);1H;1H2/t6-;;/m0../s1. The van der Waals surface area contributed by atoms with E-state index in [2.05, 4.69) is 5.32 Å². The molecule has 0 saturated carbocycles. The number of hydrogen-bond donors (Lipinski definition) is 3. The molecule has 86 valence electrons. The summed E-state index contributed by atoms with van der Waals surface area (Å²) in [6.07, 6.45) is 0. The Bertz CT molecular complexity index is 187. The van der Waals surface area contributed by atoms with Crippen LogP contribution in [0.3, 0.4) is 0 Å². The summed E-state index contributed by atoms with van der Waals surface area (Å²) >= 11 is 0. The van der Waals surface area contributed by atoms with E-state index in [1.54, 1.807) is 13.8 Å². The number of carboxylic acid groups (broad SMARTS) is 1. The molecule has 0 spiro atoms. The van der Waals surface area contributed by atoms with Crippen LogP contribution in [0, 0.1) is 5.92 Å². The Kier molecular flexibility index (Phi) is 12.1. The fourth-order valence-electron chi connectivity index (χ4n) is 0.746. The third-order valence-corrected chi connectivity index (χ3v) is 1.43. The van der Waals surface area contributed by atoms with Gasteiger partial charge in [0.15, 0.2) is 0 Å². The molecule has 0 aliphatic rings. The molecule has 6 nitrogen and oxygen atoms in total. The van der Waals surface area contributed by atoms with E-state index in [0.29, 0.717) is 0 Å². The zero-order valence-electron chi connectivity index (χ0n) is 8.11. The van der Waals surface area contributed by atoms with Crippen LogP contribution in [0.15, 0.2) is 0 Å². The number of hydrogen-bond acceptors (Lipinski definition) is 3. The normalized spacial score (nSPS) is 10.9. The van der Waals surface area contributed by atoms with Gasteiger partial charge >= 0.3 is 5.97 Å². The van der Waals surface area contributed by atoms with Crippen molar-refractivity contribution < 1.29 is 20.2 Å². The molecule has 14 heavy (non-hydrogen) atoms. The molecule has 6 N–H and O–H groups in total. The summed E-state index contributed by atoms with van der Waals surface area (Å²) in [5, 5.41) is 10.9. The molecule has 0 heterocycles. The van der Waals surface area contributed by atoms with Crippen molar-refractivity contribution in [3.8, 4) is 0 Å². The second-order valence-electron chi connectivity index (χ2n) is 2.83. The first-order chi connectivity index (χ1) is 5.49. The number of carbonyl (C=O) groups excluding carboxylic acids is 1. The van der Waals surface area contributed by atoms with E-state index in [-0.39, 0.29) is 34.9 Å². The van der Waals surface area contributed by atoms with Crippen LogP contribution >= 0.6 is 17.0 Å². The molecule has 1 amide bonds. The van der Waals surface area contributed by atoms with Gasteiger partial charge in [-0.1, -0.05) is 13.8 Å². The highest BCUT2D eigenvalue weighted by atomic mass is 79.9. The Labute approximate surface area is 92.9 Å². The van der Waals surface area contributed by atoms with Gasteiger partial charge in [0.1, 0.15) is 6.04 Å². The fraction of sp³-hybridized carbons (Fsp3) is 0.714. The van der Waals surface area contributed by atoms with Crippen LogP contribution in [-0.2, 0) is 9.59 Å². The average Bonchev–Trinajstić information content (AvgIpc) is 1.98. The number of carboxylic acids is 1. The van der Waals surface area contributed by atoms with Gasteiger partial charge in [-0.2, -0.15) is 0 Å². The van der Waals surface area contributed by atoms with E-state index in [9.17, 15) is 9.59 Å². The van der Waals surface area contributed by atoms with Crippen molar-refractivity contribution in [3.05, 3.63) is 0 Å². The summed E-state index contributed by atoms with van der Waals surface area (Å²) in [4.78, 5) is 21.3. The van der Waals surface area contributed by atoms with E-state index in [4.69, 9.17) is 10.8 Å². The van der Waals surface area contributed by atoms with Crippen LogP contribution in [0.25, 0.3) is 0 Å². The van der Waals surface area contributed by atoms with E-state index < -0.39 is 17.9 Å². The maximum Gasteiger partial charge on any atom is 0.326 e. The summed E-state index contributed by atoms with van der Waals surface area (Å²) in [7, 11) is 0. The highest BCUT2D eigenvalue weighted by Gasteiger charge is 2.22. The maximum absolute atomic E-state index is 10.7. The zero-order chi connectivity index (χ0) is 9.72. The third-order valence-electron chi connectivity index (χ3n) is 1.43. The molecule has 0 fully saturated rings. The van der Waals surface area contributed by atoms with Gasteiger partial charge in [-0.3, -0.25) is 4.79 Å². The molecule has 0 radical (unpaired) electrons. The predicted molar refractivity (Wildman–Crippen MR) is 57.4 cm³/mol. The third kappa shape index (κ3) is 6.81. The van der Waals surface area contributed by atoms with E-state index in [1.807, 2.05) is 0 Å². The minimum Gasteiger partial charge on any atom is -0.480 e. The SMILES string of the molecule is Br.CC(C)[C@H](NC(=O)CN)C(=O)O.O. The first kappa shape index (κ1) is 19.0. The van der Waals surface area contributed by atoms with Gasteiger partial charge < -0.3 is 21.6 Å². The smallest absolute Gasteiger partial charge is 0.326 e. The molecular weight excluding hydrogens is 256 g/mol. The van der Waals surface area contributed by atoms with Crippen LogP contribution in [0.1, 0.15) is 13.8 Å². The molecular formula is C7H17BrN2O4. The number of nitrogens with two attached hydrogens (primary N) is 1. The lowest BCUT2D eigenvalue weighted by atomic mass is 10.1. The molecule has 0 aliphatic carbocycles. The number of carbonyl (C=O) groups is 2. The topological polar surface area (TPSA) is 124 Å². The van der Waals surface area contributed by atoms with E-state index in [0.717, 1.165) is 0 Å². The van der Waals surface area contributed by atoms with Crippen molar-refractivity contribution in [3.63, 3.8) is 0 Å². The van der Waals surface area contributed by atoms with Crippen LogP contribution in [-0.4, -0.2) is 35.0 Å². The minimum atomic E-state index is -1.04. The minimum absolute atomic E-state index is 0. The van der Waals surface area contributed by atoms with Gasteiger partial charge in [-0.15, -0.1) is 17.0 Å². The van der Waals surface area contributed by atoms with Gasteiger partial charge in [-0.25, -0.2) is 4.79 Å². The average molecular weight is 273 g/mol. The lowest BCUT2D eigenvalue weighted by Crippen LogP contribution is -2.46. The second kappa shape index (κ2) is 8.92. The van der Waals surface area contributed by atoms with E-state index in [1.165, 1.54) is 0 Å². The summed E-state index contributed by atoms with van der Waals surface area (Å²) < 4.78 is 0. The van der Waals surface area contributed by atoms with Crippen LogP contribution in [0.4, 0.5) is 0 Å². The van der Waals surface area contributed by atoms with Crippen LogP contribution in [0.5, 0.6) is 0 Å². The van der Waals surface area contributed by atoms with Gasteiger partial charge in [0.2, 0.25) is 5.91 Å². The van der Waals surface area contributed by atoms with Crippen LogP contribution in [0.2, 0.25) is 0 Å². The highest BCUT2D eigenvalue weighted by Crippen LogP contribution is 2.00. The lowest BCUT2D eigenvalue weighted by Gasteiger charge is -2.16. The molecule has 0 aromatic heterocycles. The molecule has 0 rings (SSSR count). The quantitative estimate of drug-likeness (QED) is 0.602. The van der Waals surface area contributed by atoms with Gasteiger partial charge in [0.25, 0.3) is 0 Å². The molecule has 0 saturated heterocycles. The Hall–Kier alpha value is -0.660. The first-order valence-electron chi connectivity index (χ1n) is 3.71. The fourth-order valence-corrected chi connectivity index (χ4v) is 0.746. The number of nitrogens with one attached hydrogen (secondary N) is 1. The molecule has 7 heteroatoms. The van der Waals surface area contributed by atoms with Crippen molar-refractivity contribution in [2.45, 2.75) is 19.9 Å². The number of halogens is 1.